The van der Waals surface area contributed by atoms with Gasteiger partial charge in [-0.3, -0.25) is 0 Å². The van der Waals surface area contributed by atoms with Gasteiger partial charge in [-0.2, -0.15) is 0 Å². The summed E-state index contributed by atoms with van der Waals surface area (Å²) in [6.07, 6.45) is 8.61. The summed E-state index contributed by atoms with van der Waals surface area (Å²) < 4.78 is 26.7. The van der Waals surface area contributed by atoms with Crippen molar-refractivity contribution >= 4 is 22.6 Å². The van der Waals surface area contributed by atoms with E-state index in [1.165, 1.54) is 0 Å². The van der Waals surface area contributed by atoms with Gasteiger partial charge in [-0.05, 0) is 74.8 Å². The van der Waals surface area contributed by atoms with Crippen molar-refractivity contribution in [3.63, 3.8) is 0 Å². The van der Waals surface area contributed by atoms with E-state index < -0.39 is 22.4 Å². The topological polar surface area (TPSA) is 64.5 Å². The fourth-order valence-corrected chi connectivity index (χ4v) is 7.61. The molecule has 4 aliphatic heterocycles. The second kappa shape index (κ2) is 10.7. The molecule has 4 atom stereocenters. The van der Waals surface area contributed by atoms with Gasteiger partial charge < -0.3 is 28.5 Å². The molecule has 0 bridgehead atoms. The zero-order valence-electron chi connectivity index (χ0n) is 26.2. The third kappa shape index (κ3) is 6.70. The zero-order valence-corrected chi connectivity index (χ0v) is 28.2. The van der Waals surface area contributed by atoms with Crippen LogP contribution in [0, 0.1) is 0 Å². The maximum Gasteiger partial charge on any atom is 0.198 e. The van der Waals surface area contributed by atoms with Crippen molar-refractivity contribution in [1.82, 2.24) is 10.2 Å². The summed E-state index contributed by atoms with van der Waals surface area (Å²) in [5, 5.41) is 4.21. The molecule has 38 heavy (non-hydrogen) atoms. The van der Waals surface area contributed by atoms with E-state index in [0.29, 0.717) is 13.2 Å². The van der Waals surface area contributed by atoms with E-state index in [9.17, 15) is 0 Å². The normalized spacial score (nSPS) is 33.2. The highest BCUT2D eigenvalue weighted by atomic mass is 28.4. The first-order chi connectivity index (χ1) is 17.5. The van der Waals surface area contributed by atoms with Crippen LogP contribution in [0.1, 0.15) is 92.9 Å². The number of nitrogens with zero attached hydrogens (tertiary/aromatic N) is 2. The Morgan fingerprint density at radius 2 is 1.34 bits per heavy atom. The van der Waals surface area contributed by atoms with Crippen molar-refractivity contribution in [2.24, 2.45) is 4.99 Å². The van der Waals surface area contributed by atoms with Crippen molar-refractivity contribution in [3.8, 4) is 0 Å². The van der Waals surface area contributed by atoms with Crippen molar-refractivity contribution < 1.29 is 18.3 Å². The quantitative estimate of drug-likeness (QED) is 0.364. The Bertz CT molecular complexity index is 869. The molecule has 0 saturated carbocycles. The predicted octanol–water partition coefficient (Wildman–Crippen LogP) is 6.62. The lowest BCUT2D eigenvalue weighted by Crippen LogP contribution is -2.66. The molecule has 0 aromatic carbocycles. The van der Waals surface area contributed by atoms with E-state index in [2.05, 4.69) is 77.9 Å². The molecule has 4 heterocycles. The van der Waals surface area contributed by atoms with Crippen molar-refractivity contribution in [2.45, 2.75) is 153 Å². The SMILES string of the molecule is CC(C)(C)[Si](C)(C)OC[C@@H]1CCC[C@]2(CCN3CC[C@]4(CCC[C@@H](CO[Si](C)(C)C(C)(C)C)O4)NC3=N2)O1. The molecule has 2 spiro atoms. The molecule has 4 aliphatic rings. The Balaban J connectivity index is 1.40. The summed E-state index contributed by atoms with van der Waals surface area (Å²) in [7, 11) is -3.60. The fourth-order valence-electron chi connectivity index (χ4n) is 5.54. The number of hydrogen-bond donors (Lipinski definition) is 1. The maximum atomic E-state index is 6.80. The third-order valence-electron chi connectivity index (χ3n) is 10.4. The molecule has 0 amide bonds. The minimum Gasteiger partial charge on any atom is -0.414 e. The van der Waals surface area contributed by atoms with Gasteiger partial charge in [0.05, 0.1) is 25.4 Å². The van der Waals surface area contributed by atoms with E-state index >= 15 is 0 Å². The number of nitrogens with one attached hydrogen (secondary N) is 1. The summed E-state index contributed by atoms with van der Waals surface area (Å²) in [4.78, 5) is 7.69. The number of rotatable bonds is 6. The van der Waals surface area contributed by atoms with Crippen LogP contribution in [-0.4, -0.2) is 77.5 Å². The molecule has 0 aromatic rings. The van der Waals surface area contributed by atoms with Gasteiger partial charge >= 0.3 is 0 Å². The summed E-state index contributed by atoms with van der Waals surface area (Å²) in [6.45, 7) is 26.4. The number of guanidine groups is 1. The van der Waals surface area contributed by atoms with E-state index in [1.54, 1.807) is 0 Å². The Labute approximate surface area is 235 Å². The maximum absolute atomic E-state index is 6.80. The van der Waals surface area contributed by atoms with E-state index in [0.717, 1.165) is 70.4 Å². The summed E-state index contributed by atoms with van der Waals surface area (Å²) in [5.41, 5.74) is -0.774. The lowest BCUT2D eigenvalue weighted by atomic mass is 9.92. The van der Waals surface area contributed by atoms with Crippen LogP contribution in [-0.2, 0) is 18.3 Å². The number of hydrogen-bond acceptors (Lipinski definition) is 7. The summed E-state index contributed by atoms with van der Waals surface area (Å²) in [5.74, 6) is 0.972. The largest absolute Gasteiger partial charge is 0.414 e. The molecule has 4 rings (SSSR count). The van der Waals surface area contributed by atoms with Crippen LogP contribution >= 0.6 is 0 Å². The molecular weight excluding hydrogens is 511 g/mol. The van der Waals surface area contributed by atoms with Gasteiger partial charge in [0.1, 0.15) is 5.72 Å². The van der Waals surface area contributed by atoms with Crippen LogP contribution in [0.3, 0.4) is 0 Å². The highest BCUT2D eigenvalue weighted by Crippen LogP contribution is 2.41. The van der Waals surface area contributed by atoms with Crippen molar-refractivity contribution in [1.29, 1.82) is 0 Å². The van der Waals surface area contributed by atoms with Gasteiger partial charge in [0.25, 0.3) is 0 Å². The first kappa shape index (κ1) is 30.5. The number of ether oxygens (including phenoxy) is 2. The average molecular weight is 568 g/mol. The molecule has 0 unspecified atom stereocenters. The van der Waals surface area contributed by atoms with Gasteiger partial charge in [0.2, 0.25) is 0 Å². The number of fused-ring (bicyclic) bond motifs is 1. The lowest BCUT2D eigenvalue weighted by Gasteiger charge is -2.52. The van der Waals surface area contributed by atoms with Gasteiger partial charge in [0.15, 0.2) is 28.3 Å². The Morgan fingerprint density at radius 1 is 0.816 bits per heavy atom. The lowest BCUT2D eigenvalue weighted by molar-refractivity contribution is -0.168. The van der Waals surface area contributed by atoms with Crippen LogP contribution in [0.15, 0.2) is 4.99 Å². The Hall–Kier alpha value is -0.456. The van der Waals surface area contributed by atoms with Crippen LogP contribution in [0.5, 0.6) is 0 Å². The molecule has 9 heteroatoms. The minimum absolute atomic E-state index is 0.120. The van der Waals surface area contributed by atoms with Gasteiger partial charge in [-0.15, -0.1) is 0 Å². The van der Waals surface area contributed by atoms with Crippen LogP contribution < -0.4 is 5.32 Å². The Morgan fingerprint density at radius 3 is 1.92 bits per heavy atom. The first-order valence-electron chi connectivity index (χ1n) is 15.2. The smallest absolute Gasteiger partial charge is 0.198 e. The molecule has 7 nitrogen and oxygen atoms in total. The Kier molecular flexibility index (Phi) is 8.63. The molecular formula is C29H57N3O4Si2. The van der Waals surface area contributed by atoms with Gasteiger partial charge in [-0.1, -0.05) is 41.5 Å². The predicted molar refractivity (Wildman–Crippen MR) is 161 cm³/mol. The molecule has 0 aromatic heterocycles. The zero-order chi connectivity index (χ0) is 28.0. The summed E-state index contributed by atoms with van der Waals surface area (Å²) in [6, 6.07) is 0. The molecule has 0 aliphatic carbocycles. The van der Waals surface area contributed by atoms with Gasteiger partial charge in [-0.25, -0.2) is 4.99 Å². The molecule has 220 valence electrons. The van der Waals surface area contributed by atoms with Crippen LogP contribution in [0.2, 0.25) is 36.3 Å². The molecule has 3 fully saturated rings. The standard InChI is InChI=1S/C29H57N3O4Si2/c1-26(2,3)37(7,8)33-21-23-13-11-15-28(35-23)17-19-32-20-18-29(31-25(32)30-28)16-12-14-24(36-29)22-34-38(9,10)27(4,5)6/h23-24H,11-22H2,1-10H3,(H,30,31)/t23-,24-,28+,29+/m0/s1. The fraction of sp³-hybridized carbons (Fsp3) is 0.966. The second-order valence-corrected chi connectivity index (χ2v) is 25.0. The average Bonchev–Trinajstić information content (AvgIpc) is 2.80. The second-order valence-electron chi connectivity index (χ2n) is 15.4. The van der Waals surface area contributed by atoms with E-state index in [-0.39, 0.29) is 28.0 Å². The van der Waals surface area contributed by atoms with Crippen LogP contribution in [0.25, 0.3) is 0 Å². The summed E-state index contributed by atoms with van der Waals surface area (Å²) >= 11 is 0. The van der Waals surface area contributed by atoms with E-state index in [4.69, 9.17) is 23.3 Å². The van der Waals surface area contributed by atoms with E-state index in [1.807, 2.05) is 0 Å². The number of aliphatic imine (C=N–C) groups is 1. The molecule has 3 saturated heterocycles. The highest BCUT2D eigenvalue weighted by molar-refractivity contribution is 6.74. The van der Waals surface area contributed by atoms with Crippen molar-refractivity contribution in [3.05, 3.63) is 0 Å². The first-order valence-corrected chi connectivity index (χ1v) is 21.0. The molecule has 0 radical (unpaired) electrons. The highest BCUT2D eigenvalue weighted by Gasteiger charge is 2.48. The van der Waals surface area contributed by atoms with Crippen molar-refractivity contribution in [2.75, 3.05) is 26.3 Å². The van der Waals surface area contributed by atoms with Crippen LogP contribution in [0.4, 0.5) is 0 Å². The monoisotopic (exact) mass is 567 g/mol. The minimum atomic E-state index is -1.80. The van der Waals surface area contributed by atoms with Gasteiger partial charge in [0, 0.05) is 25.9 Å². The molecule has 1 N–H and O–H groups in total. The third-order valence-corrected chi connectivity index (χ3v) is 19.4.